The zero-order chi connectivity index (χ0) is 21.6. The van der Waals surface area contributed by atoms with Crippen molar-refractivity contribution in [3.63, 3.8) is 0 Å². The molecule has 0 aliphatic rings. The zero-order valence-corrected chi connectivity index (χ0v) is 18.1. The number of allylic oxidation sites excluding steroid dienone is 1. The lowest BCUT2D eigenvalue weighted by Crippen LogP contribution is -2.35. The van der Waals surface area contributed by atoms with Gasteiger partial charge in [0.05, 0.1) is 24.2 Å². The summed E-state index contributed by atoms with van der Waals surface area (Å²) in [5.41, 5.74) is 2.73. The van der Waals surface area contributed by atoms with Gasteiger partial charge in [0, 0.05) is 12.0 Å². The molecule has 1 N–H and O–H groups in total. The highest BCUT2D eigenvalue weighted by Crippen LogP contribution is 2.20. The number of benzene rings is 2. The molecule has 1 aromatic heterocycles. The van der Waals surface area contributed by atoms with Gasteiger partial charge in [-0.15, -0.1) is 6.58 Å². The molecule has 0 radical (unpaired) electrons. The molecule has 5 heteroatoms. The van der Waals surface area contributed by atoms with Gasteiger partial charge >= 0.3 is 0 Å². The molecule has 0 bridgehead atoms. The molecule has 158 valence electrons. The number of ether oxygens (including phenoxy) is 1. The summed E-state index contributed by atoms with van der Waals surface area (Å²) in [6, 6.07) is 16.1. The molecular formula is C25H31N3O2. The third-order valence-electron chi connectivity index (χ3n) is 4.94. The first-order valence-electron chi connectivity index (χ1n) is 10.4. The van der Waals surface area contributed by atoms with E-state index in [0.29, 0.717) is 13.2 Å². The summed E-state index contributed by atoms with van der Waals surface area (Å²) in [5.74, 6) is 1.79. The first-order valence-corrected chi connectivity index (χ1v) is 10.4. The van der Waals surface area contributed by atoms with Crippen molar-refractivity contribution < 1.29 is 9.53 Å². The molecular weight excluding hydrogens is 374 g/mol. The van der Waals surface area contributed by atoms with Crippen LogP contribution >= 0.6 is 0 Å². The summed E-state index contributed by atoms with van der Waals surface area (Å²) < 4.78 is 8.21. The van der Waals surface area contributed by atoms with Crippen LogP contribution < -0.4 is 10.1 Å². The van der Waals surface area contributed by atoms with Crippen LogP contribution in [0.4, 0.5) is 0 Å². The highest BCUT2D eigenvalue weighted by Gasteiger charge is 2.21. The Bertz CT molecular complexity index is 1010. The molecule has 0 atom stereocenters. The van der Waals surface area contributed by atoms with E-state index in [9.17, 15) is 4.79 Å². The molecule has 5 nitrogen and oxygen atoms in total. The minimum absolute atomic E-state index is 0.0169. The maximum absolute atomic E-state index is 12.3. The van der Waals surface area contributed by atoms with Gasteiger partial charge in [-0.3, -0.25) is 4.79 Å². The molecule has 0 unspecified atom stereocenters. The van der Waals surface area contributed by atoms with Crippen molar-refractivity contribution in [2.24, 2.45) is 5.41 Å². The minimum atomic E-state index is -0.427. The minimum Gasteiger partial charge on any atom is -0.493 e. The topological polar surface area (TPSA) is 56.1 Å². The number of fused-ring (bicyclic) bond motifs is 1. The van der Waals surface area contributed by atoms with Crippen LogP contribution in [-0.2, 0) is 24.3 Å². The number of imidazole rings is 1. The molecule has 0 fully saturated rings. The summed E-state index contributed by atoms with van der Waals surface area (Å²) in [5, 5.41) is 3.02. The molecule has 0 saturated carbocycles. The molecule has 3 aromatic rings. The Hall–Kier alpha value is -3.08. The lowest BCUT2D eigenvalue weighted by atomic mass is 9.96. The van der Waals surface area contributed by atoms with Crippen LogP contribution in [0.5, 0.6) is 5.75 Å². The summed E-state index contributed by atoms with van der Waals surface area (Å²) in [6.07, 6.45) is 3.51. The fraction of sp³-hybridized carbons (Fsp3) is 0.360. The second-order valence-electron chi connectivity index (χ2n) is 8.40. The Kier molecular flexibility index (Phi) is 6.93. The van der Waals surface area contributed by atoms with E-state index in [1.54, 1.807) is 0 Å². The van der Waals surface area contributed by atoms with Crippen LogP contribution in [0.2, 0.25) is 0 Å². The molecule has 0 saturated heterocycles. The van der Waals surface area contributed by atoms with Crippen molar-refractivity contribution >= 4 is 16.9 Å². The second-order valence-corrected chi connectivity index (χ2v) is 8.40. The van der Waals surface area contributed by atoms with Crippen molar-refractivity contribution in [1.82, 2.24) is 14.9 Å². The maximum Gasteiger partial charge on any atom is 0.225 e. The van der Waals surface area contributed by atoms with E-state index in [4.69, 9.17) is 9.72 Å². The van der Waals surface area contributed by atoms with E-state index in [2.05, 4.69) is 28.6 Å². The smallest absolute Gasteiger partial charge is 0.225 e. The maximum atomic E-state index is 12.3. The first kappa shape index (κ1) is 21.6. The quantitative estimate of drug-likeness (QED) is 0.407. The van der Waals surface area contributed by atoms with Crippen LogP contribution in [0.15, 0.2) is 61.2 Å². The molecule has 1 heterocycles. The molecule has 0 aliphatic heterocycles. The normalized spacial score (nSPS) is 11.4. The van der Waals surface area contributed by atoms with Crippen LogP contribution in [-0.4, -0.2) is 22.1 Å². The average molecular weight is 406 g/mol. The van der Waals surface area contributed by atoms with Crippen molar-refractivity contribution in [3.05, 3.63) is 72.6 Å². The number of aromatic nitrogens is 2. The van der Waals surface area contributed by atoms with E-state index in [1.807, 2.05) is 63.2 Å². The van der Waals surface area contributed by atoms with Crippen molar-refractivity contribution in [3.8, 4) is 5.75 Å². The molecule has 0 aliphatic carbocycles. The van der Waals surface area contributed by atoms with Gasteiger partial charge in [0.15, 0.2) is 0 Å². The molecule has 3 rings (SSSR count). The van der Waals surface area contributed by atoms with Crippen LogP contribution in [0, 0.1) is 5.41 Å². The van der Waals surface area contributed by atoms with E-state index in [1.165, 1.54) is 0 Å². The Labute approximate surface area is 178 Å². The standard InChI is InChI=1S/C25H31N3O2/c1-5-11-19-12-6-9-15-22(19)30-17-10-16-28-21-14-8-7-13-20(21)27-23(28)18-26-24(29)25(2,3)4/h5-9,12-15H,1,10-11,16-18H2,2-4H3,(H,26,29). The van der Waals surface area contributed by atoms with Crippen LogP contribution in [0.25, 0.3) is 11.0 Å². The Balaban J connectivity index is 1.67. The predicted molar refractivity (Wildman–Crippen MR) is 121 cm³/mol. The number of hydrogen-bond acceptors (Lipinski definition) is 3. The molecule has 1 amide bonds. The van der Waals surface area contributed by atoms with Gasteiger partial charge in [-0.25, -0.2) is 4.98 Å². The van der Waals surface area contributed by atoms with Gasteiger partial charge in [0.1, 0.15) is 11.6 Å². The number of hydrogen-bond donors (Lipinski definition) is 1. The lowest BCUT2D eigenvalue weighted by molar-refractivity contribution is -0.128. The number of nitrogens with one attached hydrogen (secondary N) is 1. The zero-order valence-electron chi connectivity index (χ0n) is 18.1. The van der Waals surface area contributed by atoms with E-state index < -0.39 is 5.41 Å². The molecule has 0 spiro atoms. The van der Waals surface area contributed by atoms with Crippen molar-refractivity contribution in [2.75, 3.05) is 6.61 Å². The Morgan fingerprint density at radius 3 is 2.67 bits per heavy atom. The molecule has 2 aromatic carbocycles. The number of aryl methyl sites for hydroxylation is 1. The summed E-state index contributed by atoms with van der Waals surface area (Å²) in [7, 11) is 0. The third kappa shape index (κ3) is 5.29. The highest BCUT2D eigenvalue weighted by molar-refractivity contribution is 5.81. The summed E-state index contributed by atoms with van der Waals surface area (Å²) in [6.45, 7) is 11.3. The van der Waals surface area contributed by atoms with Crippen LogP contribution in [0.1, 0.15) is 38.6 Å². The number of amides is 1. The van der Waals surface area contributed by atoms with Crippen molar-refractivity contribution in [1.29, 1.82) is 0 Å². The van der Waals surface area contributed by atoms with Crippen molar-refractivity contribution in [2.45, 2.75) is 46.7 Å². The first-order chi connectivity index (χ1) is 14.4. The fourth-order valence-electron chi connectivity index (χ4n) is 3.31. The van der Waals surface area contributed by atoms with E-state index >= 15 is 0 Å². The Morgan fingerprint density at radius 1 is 1.17 bits per heavy atom. The van der Waals surface area contributed by atoms with Gasteiger partial charge < -0.3 is 14.6 Å². The second kappa shape index (κ2) is 9.61. The highest BCUT2D eigenvalue weighted by atomic mass is 16.5. The van der Waals surface area contributed by atoms with Gasteiger partial charge in [-0.1, -0.05) is 57.2 Å². The third-order valence-corrected chi connectivity index (χ3v) is 4.94. The number of carbonyl (C=O) groups excluding carboxylic acids is 1. The number of nitrogens with zero attached hydrogens (tertiary/aromatic N) is 2. The number of rotatable bonds is 9. The Morgan fingerprint density at radius 2 is 1.90 bits per heavy atom. The summed E-state index contributed by atoms with van der Waals surface area (Å²) in [4.78, 5) is 17.0. The predicted octanol–water partition coefficient (Wildman–Crippen LogP) is 4.90. The van der Waals surface area contributed by atoms with E-state index in [-0.39, 0.29) is 5.91 Å². The monoisotopic (exact) mass is 405 g/mol. The molecule has 30 heavy (non-hydrogen) atoms. The van der Waals surface area contributed by atoms with Gasteiger partial charge in [-0.2, -0.15) is 0 Å². The number of para-hydroxylation sites is 3. The SMILES string of the molecule is C=CCc1ccccc1OCCCn1c(CNC(=O)C(C)(C)C)nc2ccccc21. The van der Waals surface area contributed by atoms with Crippen LogP contribution in [0.3, 0.4) is 0 Å². The van der Waals surface area contributed by atoms with E-state index in [0.717, 1.165) is 47.6 Å². The lowest BCUT2D eigenvalue weighted by Gasteiger charge is -2.18. The largest absolute Gasteiger partial charge is 0.493 e. The van der Waals surface area contributed by atoms with Gasteiger partial charge in [0.25, 0.3) is 0 Å². The number of carbonyl (C=O) groups is 1. The summed E-state index contributed by atoms with van der Waals surface area (Å²) >= 11 is 0. The van der Waals surface area contributed by atoms with Gasteiger partial charge in [-0.05, 0) is 36.6 Å². The van der Waals surface area contributed by atoms with Gasteiger partial charge in [0.2, 0.25) is 5.91 Å². The average Bonchev–Trinajstić information content (AvgIpc) is 3.07. The fourth-order valence-corrected chi connectivity index (χ4v) is 3.31.